The maximum absolute atomic E-state index is 13.3. The molecule has 0 bridgehead atoms. The summed E-state index contributed by atoms with van der Waals surface area (Å²) in [6.07, 6.45) is 3.36. The van der Waals surface area contributed by atoms with Gasteiger partial charge in [0.2, 0.25) is 0 Å². The van der Waals surface area contributed by atoms with Crippen LogP contribution in [0.5, 0.6) is 5.75 Å². The van der Waals surface area contributed by atoms with Gasteiger partial charge in [-0.3, -0.25) is 9.69 Å². The van der Waals surface area contributed by atoms with Crippen LogP contribution in [0.2, 0.25) is 0 Å². The highest BCUT2D eigenvalue weighted by atomic mass is 16.6. The van der Waals surface area contributed by atoms with Gasteiger partial charge in [-0.2, -0.15) is 0 Å². The van der Waals surface area contributed by atoms with Gasteiger partial charge < -0.3 is 14.8 Å². The molecule has 2 aliphatic rings. The molecular formula is C28H33N3O4. The fraction of sp³-hybridized carbons (Fsp3) is 0.429. The van der Waals surface area contributed by atoms with Gasteiger partial charge >= 0.3 is 6.09 Å². The number of nitrogens with zero attached hydrogens (tertiary/aromatic N) is 2. The van der Waals surface area contributed by atoms with Crippen molar-refractivity contribution < 1.29 is 19.1 Å². The fourth-order valence-electron chi connectivity index (χ4n) is 4.95. The highest BCUT2D eigenvalue weighted by molar-refractivity contribution is 6.06. The summed E-state index contributed by atoms with van der Waals surface area (Å²) < 4.78 is 13.4. The molecule has 3 heterocycles. The minimum Gasteiger partial charge on any atom is -0.492 e. The number of carbonyl (C=O) groups is 2. The first kappa shape index (κ1) is 23.4. The predicted octanol–water partition coefficient (Wildman–Crippen LogP) is 5.20. The molecule has 0 unspecified atom stereocenters. The summed E-state index contributed by atoms with van der Waals surface area (Å²) in [6.45, 7) is 9.84. The molecule has 35 heavy (non-hydrogen) atoms. The second-order valence-corrected chi connectivity index (χ2v) is 10.3. The Hall–Kier alpha value is -3.32. The van der Waals surface area contributed by atoms with Crippen LogP contribution >= 0.6 is 0 Å². The van der Waals surface area contributed by atoms with E-state index in [9.17, 15) is 9.59 Å². The number of hydrogen-bond acceptors (Lipinski definition) is 5. The van der Waals surface area contributed by atoms with Crippen LogP contribution in [0, 0.1) is 0 Å². The molecule has 2 aromatic carbocycles. The first-order valence-corrected chi connectivity index (χ1v) is 12.4. The average molecular weight is 476 g/mol. The number of likely N-dealkylation sites (tertiary alicyclic amines) is 1. The van der Waals surface area contributed by atoms with Crippen LogP contribution in [0.1, 0.15) is 56.0 Å². The van der Waals surface area contributed by atoms with Crippen molar-refractivity contribution in [2.75, 3.05) is 26.2 Å². The fourth-order valence-corrected chi connectivity index (χ4v) is 4.95. The Balaban J connectivity index is 1.50. The van der Waals surface area contributed by atoms with Gasteiger partial charge in [0, 0.05) is 24.0 Å². The third-order valence-electron chi connectivity index (χ3n) is 6.57. The predicted molar refractivity (Wildman–Crippen MR) is 136 cm³/mol. The lowest BCUT2D eigenvalue weighted by molar-refractivity contribution is 0.0547. The Morgan fingerprint density at radius 3 is 2.63 bits per heavy atom. The molecule has 5 rings (SSSR count). The maximum atomic E-state index is 13.3. The number of nitrogens with one attached hydrogen (secondary N) is 1. The van der Waals surface area contributed by atoms with E-state index in [0.29, 0.717) is 35.5 Å². The average Bonchev–Trinajstić information content (AvgIpc) is 3.39. The van der Waals surface area contributed by atoms with Crippen LogP contribution < -0.4 is 10.1 Å². The van der Waals surface area contributed by atoms with E-state index in [4.69, 9.17) is 9.47 Å². The van der Waals surface area contributed by atoms with Crippen molar-refractivity contribution in [3.05, 3.63) is 53.6 Å². The lowest BCUT2D eigenvalue weighted by Crippen LogP contribution is -2.33. The van der Waals surface area contributed by atoms with Gasteiger partial charge in [-0.15, -0.1) is 0 Å². The van der Waals surface area contributed by atoms with E-state index in [1.807, 2.05) is 63.2 Å². The summed E-state index contributed by atoms with van der Waals surface area (Å²) in [5.41, 5.74) is 2.95. The summed E-state index contributed by atoms with van der Waals surface area (Å²) in [6, 6.07) is 13.4. The van der Waals surface area contributed by atoms with Crippen molar-refractivity contribution in [3.63, 3.8) is 0 Å². The van der Waals surface area contributed by atoms with Crippen molar-refractivity contribution in [2.24, 2.45) is 0 Å². The molecule has 7 heteroatoms. The van der Waals surface area contributed by atoms with Crippen molar-refractivity contribution >= 4 is 22.9 Å². The highest BCUT2D eigenvalue weighted by Crippen LogP contribution is 2.35. The summed E-state index contributed by atoms with van der Waals surface area (Å²) in [7, 11) is 0. The second-order valence-electron chi connectivity index (χ2n) is 10.3. The van der Waals surface area contributed by atoms with E-state index in [1.54, 1.807) is 4.57 Å². The van der Waals surface area contributed by atoms with Crippen LogP contribution in [0.3, 0.4) is 0 Å². The van der Waals surface area contributed by atoms with Gasteiger partial charge in [-0.1, -0.05) is 24.6 Å². The van der Waals surface area contributed by atoms with Crippen molar-refractivity contribution in [1.82, 2.24) is 14.8 Å². The topological polar surface area (TPSA) is 72.8 Å². The summed E-state index contributed by atoms with van der Waals surface area (Å²) >= 11 is 0. The molecule has 1 fully saturated rings. The molecule has 7 nitrogen and oxygen atoms in total. The number of benzene rings is 2. The number of hydrogen-bond donors (Lipinski definition) is 1. The van der Waals surface area contributed by atoms with Crippen molar-refractivity contribution in [2.45, 2.75) is 52.2 Å². The standard InChI is InChI=1S/C28H33N3O4/c1-28(2,3)35-27(33)31-23-11-10-21(34-15-14-30-12-5-4-6-13-30)16-20(23)17-24(31)22-9-7-8-19-18-29-26(32)25(19)22/h7-11,16-17H,4-6,12-15,18H2,1-3H3,(H,29,32). The molecule has 184 valence electrons. The quantitative estimate of drug-likeness (QED) is 0.549. The summed E-state index contributed by atoms with van der Waals surface area (Å²) in [4.78, 5) is 28.4. The van der Waals surface area contributed by atoms with Crippen LogP contribution in [-0.4, -0.2) is 53.3 Å². The zero-order valence-electron chi connectivity index (χ0n) is 20.7. The number of piperidine rings is 1. The third kappa shape index (κ3) is 4.91. The number of amides is 1. The largest absolute Gasteiger partial charge is 0.492 e. The first-order valence-electron chi connectivity index (χ1n) is 12.4. The Morgan fingerprint density at radius 1 is 1.06 bits per heavy atom. The zero-order valence-corrected chi connectivity index (χ0v) is 20.7. The van der Waals surface area contributed by atoms with E-state index in [1.165, 1.54) is 19.3 Å². The number of aromatic nitrogens is 1. The molecule has 0 spiro atoms. The smallest absolute Gasteiger partial charge is 0.419 e. The molecule has 0 saturated carbocycles. The first-order chi connectivity index (χ1) is 16.8. The van der Waals surface area contributed by atoms with E-state index in [2.05, 4.69) is 10.2 Å². The van der Waals surface area contributed by atoms with Gasteiger partial charge in [0.15, 0.2) is 0 Å². The molecule has 1 N–H and O–H groups in total. The van der Waals surface area contributed by atoms with E-state index in [0.717, 1.165) is 36.3 Å². The molecule has 0 radical (unpaired) electrons. The summed E-state index contributed by atoms with van der Waals surface area (Å²) in [5.74, 6) is 0.636. The minimum absolute atomic E-state index is 0.127. The number of rotatable bonds is 5. The molecule has 0 aliphatic carbocycles. The molecule has 1 saturated heterocycles. The molecule has 0 atom stereocenters. The van der Waals surface area contributed by atoms with Crippen LogP contribution in [0.15, 0.2) is 42.5 Å². The summed E-state index contributed by atoms with van der Waals surface area (Å²) in [5, 5.41) is 3.75. The Morgan fingerprint density at radius 2 is 1.86 bits per heavy atom. The van der Waals surface area contributed by atoms with Gasteiger partial charge in [0.1, 0.15) is 18.0 Å². The Labute approximate surface area is 206 Å². The van der Waals surface area contributed by atoms with E-state index < -0.39 is 11.7 Å². The number of carbonyl (C=O) groups excluding carboxylic acids is 2. The van der Waals surface area contributed by atoms with Gasteiger partial charge in [0.25, 0.3) is 5.91 Å². The minimum atomic E-state index is -0.654. The maximum Gasteiger partial charge on any atom is 0.419 e. The van der Waals surface area contributed by atoms with Crippen molar-refractivity contribution in [3.8, 4) is 17.0 Å². The molecule has 1 amide bonds. The normalized spacial score (nSPS) is 16.3. The van der Waals surface area contributed by atoms with Gasteiger partial charge in [-0.25, -0.2) is 9.36 Å². The third-order valence-corrected chi connectivity index (χ3v) is 6.57. The Kier molecular flexibility index (Phi) is 6.28. The Bertz CT molecular complexity index is 1270. The number of ether oxygens (including phenoxy) is 2. The van der Waals surface area contributed by atoms with E-state index >= 15 is 0 Å². The molecule has 3 aromatic rings. The van der Waals surface area contributed by atoms with Gasteiger partial charge in [0.05, 0.1) is 16.8 Å². The van der Waals surface area contributed by atoms with E-state index in [-0.39, 0.29) is 5.91 Å². The lowest BCUT2D eigenvalue weighted by atomic mass is 10.0. The molecule has 1 aromatic heterocycles. The number of fused-ring (bicyclic) bond motifs is 2. The lowest BCUT2D eigenvalue weighted by Gasteiger charge is -2.26. The molecule has 2 aliphatic heterocycles. The van der Waals surface area contributed by atoms with Crippen LogP contribution in [0.25, 0.3) is 22.2 Å². The molecular weight excluding hydrogens is 442 g/mol. The SMILES string of the molecule is CC(C)(C)OC(=O)n1c(-c2cccc3c2C(=O)NC3)cc2cc(OCCN3CCCCC3)ccc21. The zero-order chi connectivity index (χ0) is 24.6. The van der Waals surface area contributed by atoms with Crippen LogP contribution in [-0.2, 0) is 11.3 Å². The van der Waals surface area contributed by atoms with Crippen LogP contribution in [0.4, 0.5) is 4.79 Å². The monoisotopic (exact) mass is 475 g/mol. The highest BCUT2D eigenvalue weighted by Gasteiger charge is 2.28. The second kappa shape index (κ2) is 9.38. The van der Waals surface area contributed by atoms with Gasteiger partial charge in [-0.05, 0) is 76.5 Å². The van der Waals surface area contributed by atoms with Crippen molar-refractivity contribution in [1.29, 1.82) is 0 Å².